The Morgan fingerprint density at radius 3 is 2.41 bits per heavy atom. The van der Waals surface area contributed by atoms with Gasteiger partial charge in [0.1, 0.15) is 5.82 Å². The molecule has 0 radical (unpaired) electrons. The summed E-state index contributed by atoms with van der Waals surface area (Å²) >= 11 is 6.26. The van der Waals surface area contributed by atoms with Gasteiger partial charge in [-0.2, -0.15) is 5.26 Å². The van der Waals surface area contributed by atoms with Crippen LogP contribution in [0.3, 0.4) is 0 Å². The van der Waals surface area contributed by atoms with E-state index in [-0.39, 0.29) is 5.56 Å². The summed E-state index contributed by atoms with van der Waals surface area (Å²) in [6.45, 7) is 0. The molecule has 1 nitrogen and oxygen atoms in total. The summed E-state index contributed by atoms with van der Waals surface area (Å²) in [4.78, 5) is 0. The third-order valence-corrected chi connectivity index (χ3v) is 2.94. The second-order valence-corrected chi connectivity index (χ2v) is 4.09. The minimum atomic E-state index is -0.445. The van der Waals surface area contributed by atoms with Crippen molar-refractivity contribution in [2.75, 3.05) is 0 Å². The topological polar surface area (TPSA) is 23.8 Å². The largest absolute Gasteiger partial charge is 0.207 e. The van der Waals surface area contributed by atoms with E-state index < -0.39 is 11.2 Å². The number of nitrogens with zero attached hydrogens (tertiary/aromatic N) is 1. The van der Waals surface area contributed by atoms with Crippen molar-refractivity contribution in [2.24, 2.45) is 0 Å². The van der Waals surface area contributed by atoms with Gasteiger partial charge in [0.25, 0.3) is 0 Å². The lowest BCUT2D eigenvalue weighted by Gasteiger charge is -2.10. The van der Waals surface area contributed by atoms with Crippen molar-refractivity contribution in [3.8, 4) is 6.07 Å². The third-order valence-electron chi connectivity index (χ3n) is 2.43. The first kappa shape index (κ1) is 11.6. The maximum atomic E-state index is 13.3. The van der Waals surface area contributed by atoms with E-state index in [1.54, 1.807) is 6.07 Å². The summed E-state index contributed by atoms with van der Waals surface area (Å²) in [5.74, 6) is -0.444. The number of halogens is 2. The van der Waals surface area contributed by atoms with Crippen LogP contribution >= 0.6 is 11.6 Å². The minimum absolute atomic E-state index is 0.279. The maximum Gasteiger partial charge on any atom is 0.124 e. The zero-order chi connectivity index (χ0) is 12.3. The number of hydrogen-bond acceptors (Lipinski definition) is 1. The van der Waals surface area contributed by atoms with Crippen molar-refractivity contribution in [2.45, 2.75) is 5.38 Å². The van der Waals surface area contributed by atoms with Gasteiger partial charge in [-0.3, -0.25) is 0 Å². The van der Waals surface area contributed by atoms with Crippen molar-refractivity contribution in [1.82, 2.24) is 0 Å². The number of rotatable bonds is 2. The number of alkyl halides is 1. The molecule has 2 rings (SSSR count). The molecular weight excluding hydrogens is 237 g/mol. The Morgan fingerprint density at radius 1 is 1.06 bits per heavy atom. The van der Waals surface area contributed by atoms with E-state index in [0.717, 1.165) is 5.56 Å². The molecule has 3 heteroatoms. The second-order valence-electron chi connectivity index (χ2n) is 3.66. The van der Waals surface area contributed by atoms with E-state index in [2.05, 4.69) is 0 Å². The van der Waals surface area contributed by atoms with Crippen molar-refractivity contribution in [3.63, 3.8) is 0 Å². The summed E-state index contributed by atoms with van der Waals surface area (Å²) in [6, 6.07) is 15.4. The highest BCUT2D eigenvalue weighted by molar-refractivity contribution is 6.22. The number of hydrogen-bond donors (Lipinski definition) is 0. The van der Waals surface area contributed by atoms with Gasteiger partial charge >= 0.3 is 0 Å². The van der Waals surface area contributed by atoms with Crippen LogP contribution in [0.5, 0.6) is 0 Å². The summed E-state index contributed by atoms with van der Waals surface area (Å²) < 4.78 is 13.3. The van der Waals surface area contributed by atoms with Crippen LogP contribution in [0.15, 0.2) is 48.5 Å². The van der Waals surface area contributed by atoms with Crippen LogP contribution in [-0.4, -0.2) is 0 Å². The molecule has 1 atom stereocenters. The first-order valence-corrected chi connectivity index (χ1v) is 5.54. The van der Waals surface area contributed by atoms with Gasteiger partial charge in [0.2, 0.25) is 0 Å². The van der Waals surface area contributed by atoms with E-state index in [0.29, 0.717) is 5.56 Å². The first-order valence-electron chi connectivity index (χ1n) is 5.10. The van der Waals surface area contributed by atoms with Crippen LogP contribution in [0.1, 0.15) is 22.1 Å². The average Bonchev–Trinajstić information content (AvgIpc) is 2.38. The predicted octanol–water partition coefficient (Wildman–Crippen LogP) is 4.03. The van der Waals surface area contributed by atoms with Gasteiger partial charge in [0, 0.05) is 0 Å². The van der Waals surface area contributed by atoms with Crippen LogP contribution in [0, 0.1) is 17.1 Å². The lowest BCUT2D eigenvalue weighted by Crippen LogP contribution is -1.95. The van der Waals surface area contributed by atoms with Gasteiger partial charge in [-0.05, 0) is 29.3 Å². The molecule has 2 aromatic rings. The zero-order valence-electron chi connectivity index (χ0n) is 8.90. The van der Waals surface area contributed by atoms with Crippen molar-refractivity contribution in [1.29, 1.82) is 5.26 Å². The predicted molar refractivity (Wildman–Crippen MR) is 65.3 cm³/mol. The normalized spacial score (nSPS) is 11.8. The van der Waals surface area contributed by atoms with Gasteiger partial charge < -0.3 is 0 Å². The quantitative estimate of drug-likeness (QED) is 0.733. The molecule has 0 N–H and O–H groups in total. The average molecular weight is 246 g/mol. The molecule has 84 valence electrons. The Balaban J connectivity index is 2.41. The van der Waals surface area contributed by atoms with E-state index in [1.807, 2.05) is 36.4 Å². The van der Waals surface area contributed by atoms with E-state index in [4.69, 9.17) is 16.9 Å². The van der Waals surface area contributed by atoms with E-state index >= 15 is 0 Å². The second kappa shape index (κ2) is 4.99. The third kappa shape index (κ3) is 2.64. The lowest BCUT2D eigenvalue weighted by molar-refractivity contribution is 0.625. The summed E-state index contributed by atoms with van der Waals surface area (Å²) in [6.07, 6.45) is 0. The van der Waals surface area contributed by atoms with Gasteiger partial charge in [-0.15, -0.1) is 11.6 Å². The Bertz CT molecular complexity index is 560. The van der Waals surface area contributed by atoms with Crippen molar-refractivity contribution < 1.29 is 4.39 Å². The highest BCUT2D eigenvalue weighted by Gasteiger charge is 2.12. The van der Waals surface area contributed by atoms with Gasteiger partial charge in [-0.1, -0.05) is 30.3 Å². The maximum absolute atomic E-state index is 13.3. The van der Waals surface area contributed by atoms with Gasteiger partial charge in [0.15, 0.2) is 0 Å². The molecule has 0 spiro atoms. The smallest absolute Gasteiger partial charge is 0.124 e. The van der Waals surface area contributed by atoms with Crippen LogP contribution in [0.2, 0.25) is 0 Å². The SMILES string of the molecule is N#Cc1cc(F)cc(C(Cl)c2ccccc2)c1. The van der Waals surface area contributed by atoms with Crippen LogP contribution in [-0.2, 0) is 0 Å². The minimum Gasteiger partial charge on any atom is -0.207 e. The molecule has 1 unspecified atom stereocenters. The zero-order valence-corrected chi connectivity index (χ0v) is 9.66. The lowest BCUT2D eigenvalue weighted by atomic mass is 10.0. The highest BCUT2D eigenvalue weighted by atomic mass is 35.5. The Labute approximate surface area is 104 Å². The van der Waals surface area contributed by atoms with Crippen molar-refractivity contribution >= 4 is 11.6 Å². The molecule has 0 bridgehead atoms. The molecule has 0 fully saturated rings. The van der Waals surface area contributed by atoms with Crippen LogP contribution < -0.4 is 0 Å². The molecule has 2 aromatic carbocycles. The monoisotopic (exact) mass is 245 g/mol. The molecule has 0 aliphatic carbocycles. The molecule has 0 saturated heterocycles. The summed E-state index contributed by atoms with van der Waals surface area (Å²) in [5.41, 5.74) is 1.75. The molecule has 0 saturated carbocycles. The standard InChI is InChI=1S/C14H9ClFN/c15-14(11-4-2-1-3-5-11)12-6-10(9-17)7-13(16)8-12/h1-8,14H. The van der Waals surface area contributed by atoms with E-state index in [1.165, 1.54) is 12.1 Å². The van der Waals surface area contributed by atoms with Gasteiger partial charge in [-0.25, -0.2) is 4.39 Å². The number of nitriles is 1. The Morgan fingerprint density at radius 2 is 1.76 bits per heavy atom. The molecule has 0 amide bonds. The summed E-state index contributed by atoms with van der Waals surface area (Å²) in [7, 11) is 0. The Kier molecular flexibility index (Phi) is 3.41. The highest BCUT2D eigenvalue weighted by Crippen LogP contribution is 2.29. The molecule has 17 heavy (non-hydrogen) atoms. The molecule has 0 aliphatic rings. The van der Waals surface area contributed by atoms with Crippen LogP contribution in [0.25, 0.3) is 0 Å². The number of benzene rings is 2. The molecule has 0 aromatic heterocycles. The fraction of sp³-hybridized carbons (Fsp3) is 0.0714. The molecular formula is C14H9ClFN. The van der Waals surface area contributed by atoms with E-state index in [9.17, 15) is 4.39 Å². The molecule has 0 aliphatic heterocycles. The fourth-order valence-electron chi connectivity index (χ4n) is 1.64. The van der Waals surface area contributed by atoms with Crippen LogP contribution in [0.4, 0.5) is 4.39 Å². The molecule has 0 heterocycles. The summed E-state index contributed by atoms with van der Waals surface area (Å²) in [5, 5.41) is 8.33. The van der Waals surface area contributed by atoms with Crippen molar-refractivity contribution in [3.05, 3.63) is 71.0 Å². The first-order chi connectivity index (χ1) is 8.20. The Hall–Kier alpha value is -1.85. The van der Waals surface area contributed by atoms with Gasteiger partial charge in [0.05, 0.1) is 17.0 Å². The fourth-order valence-corrected chi connectivity index (χ4v) is 1.91.